The number of rotatable bonds is 6. The number of aliphatic imine (C=N–C) groups is 1. The number of piperidine rings is 1. The molecule has 0 bridgehead atoms. The van der Waals surface area contributed by atoms with Crippen molar-refractivity contribution in [2.75, 3.05) is 57.4 Å². The van der Waals surface area contributed by atoms with Crippen LogP contribution < -0.4 is 10.2 Å². The van der Waals surface area contributed by atoms with Gasteiger partial charge in [0.2, 0.25) is 0 Å². The van der Waals surface area contributed by atoms with E-state index in [1.165, 1.54) is 11.3 Å². The van der Waals surface area contributed by atoms with E-state index in [0.717, 1.165) is 64.7 Å². The Labute approximate surface area is 174 Å². The summed E-state index contributed by atoms with van der Waals surface area (Å²) < 4.78 is 10.7. The monoisotopic (exact) mass is 402 g/mol. The molecule has 0 saturated carbocycles. The third-order valence-corrected chi connectivity index (χ3v) is 5.49. The average Bonchev–Trinajstić information content (AvgIpc) is 2.78. The third-order valence-electron chi connectivity index (χ3n) is 5.49. The van der Waals surface area contributed by atoms with Crippen LogP contribution in [-0.4, -0.2) is 69.4 Å². The van der Waals surface area contributed by atoms with E-state index in [4.69, 9.17) is 14.5 Å². The molecule has 1 aromatic carbocycles. The molecule has 29 heavy (non-hydrogen) atoms. The fourth-order valence-electron chi connectivity index (χ4n) is 3.93. The summed E-state index contributed by atoms with van der Waals surface area (Å²) in [4.78, 5) is 21.6. The van der Waals surface area contributed by atoms with Crippen molar-refractivity contribution in [1.29, 1.82) is 0 Å². The Balaban J connectivity index is 1.65. The van der Waals surface area contributed by atoms with Gasteiger partial charge in [0.25, 0.3) is 0 Å². The average molecular weight is 403 g/mol. The van der Waals surface area contributed by atoms with E-state index < -0.39 is 0 Å². The normalized spacial score (nSPS) is 18.6. The molecular formula is C22H34N4O3. The summed E-state index contributed by atoms with van der Waals surface area (Å²) in [7, 11) is 0. The second kappa shape index (κ2) is 11.0. The first kappa shape index (κ1) is 21.4. The van der Waals surface area contributed by atoms with Crippen molar-refractivity contribution in [3.63, 3.8) is 0 Å². The van der Waals surface area contributed by atoms with Crippen LogP contribution in [0.1, 0.15) is 32.3 Å². The molecule has 3 rings (SSSR count). The molecular weight excluding hydrogens is 368 g/mol. The van der Waals surface area contributed by atoms with E-state index in [1.54, 1.807) is 0 Å². The lowest BCUT2D eigenvalue weighted by molar-refractivity contribution is -0.149. The highest BCUT2D eigenvalue weighted by Gasteiger charge is 2.27. The van der Waals surface area contributed by atoms with Gasteiger partial charge in [-0.3, -0.25) is 4.79 Å². The number of morpholine rings is 1. The molecule has 0 spiro atoms. The number of hydrogen-bond donors (Lipinski definition) is 1. The van der Waals surface area contributed by atoms with E-state index in [-0.39, 0.29) is 11.9 Å². The predicted molar refractivity (Wildman–Crippen MR) is 115 cm³/mol. The Morgan fingerprint density at radius 1 is 1.17 bits per heavy atom. The highest BCUT2D eigenvalue weighted by atomic mass is 16.5. The number of para-hydroxylation sites is 1. The quantitative estimate of drug-likeness (QED) is 0.447. The van der Waals surface area contributed by atoms with Crippen LogP contribution >= 0.6 is 0 Å². The van der Waals surface area contributed by atoms with Crippen molar-refractivity contribution in [2.45, 2.75) is 33.2 Å². The van der Waals surface area contributed by atoms with Crippen LogP contribution in [0, 0.1) is 5.92 Å². The minimum Gasteiger partial charge on any atom is -0.466 e. The number of esters is 1. The molecule has 0 aliphatic carbocycles. The van der Waals surface area contributed by atoms with Gasteiger partial charge in [-0.15, -0.1) is 0 Å². The summed E-state index contributed by atoms with van der Waals surface area (Å²) in [6.07, 6.45) is 1.63. The van der Waals surface area contributed by atoms with E-state index in [9.17, 15) is 4.79 Å². The molecule has 2 heterocycles. The maximum absolute atomic E-state index is 12.0. The number of guanidine groups is 1. The van der Waals surface area contributed by atoms with Crippen molar-refractivity contribution in [1.82, 2.24) is 10.2 Å². The second-order valence-corrected chi connectivity index (χ2v) is 7.41. The third kappa shape index (κ3) is 5.85. The maximum atomic E-state index is 12.0. The van der Waals surface area contributed by atoms with Crippen molar-refractivity contribution in [3.8, 4) is 0 Å². The lowest BCUT2D eigenvalue weighted by atomic mass is 9.97. The van der Waals surface area contributed by atoms with Gasteiger partial charge in [0.05, 0.1) is 32.3 Å². The Kier molecular flexibility index (Phi) is 8.16. The lowest BCUT2D eigenvalue weighted by Gasteiger charge is -2.33. The molecule has 0 radical (unpaired) electrons. The van der Waals surface area contributed by atoms with Gasteiger partial charge < -0.3 is 24.6 Å². The summed E-state index contributed by atoms with van der Waals surface area (Å²) in [5, 5.41) is 3.42. The zero-order chi connectivity index (χ0) is 20.5. The van der Waals surface area contributed by atoms with Gasteiger partial charge in [0.15, 0.2) is 5.96 Å². The number of likely N-dealkylation sites (tertiary alicyclic amines) is 1. The molecule has 2 aliphatic heterocycles. The van der Waals surface area contributed by atoms with Crippen LogP contribution in [0.3, 0.4) is 0 Å². The summed E-state index contributed by atoms with van der Waals surface area (Å²) in [6, 6.07) is 8.49. The molecule has 0 amide bonds. The Morgan fingerprint density at radius 2 is 1.90 bits per heavy atom. The standard InChI is InChI=1S/C22H34N4O3/c1-3-23-22(26-11-9-18(10-12-26)21(27)29-4-2)24-17-19-7-5-6-8-20(19)25-13-15-28-16-14-25/h5-8,18H,3-4,9-17H2,1-2H3,(H,23,24). The summed E-state index contributed by atoms with van der Waals surface area (Å²) in [5.41, 5.74) is 2.47. The minimum absolute atomic E-state index is 0.0103. The number of carbonyl (C=O) groups excluding carboxylic acids is 1. The topological polar surface area (TPSA) is 66.4 Å². The van der Waals surface area contributed by atoms with Gasteiger partial charge in [-0.05, 0) is 38.3 Å². The number of carbonyl (C=O) groups is 1. The molecule has 2 aliphatic rings. The zero-order valence-corrected chi connectivity index (χ0v) is 17.7. The number of hydrogen-bond acceptors (Lipinski definition) is 5. The van der Waals surface area contributed by atoms with E-state index in [1.807, 2.05) is 6.92 Å². The number of ether oxygens (including phenoxy) is 2. The van der Waals surface area contributed by atoms with Crippen molar-refractivity contribution >= 4 is 17.6 Å². The molecule has 7 nitrogen and oxygen atoms in total. The first-order chi connectivity index (χ1) is 14.2. The lowest BCUT2D eigenvalue weighted by Crippen LogP contribution is -2.46. The van der Waals surface area contributed by atoms with Crippen molar-refractivity contribution in [2.24, 2.45) is 10.9 Å². The van der Waals surface area contributed by atoms with Crippen molar-refractivity contribution < 1.29 is 14.3 Å². The Hall–Kier alpha value is -2.28. The van der Waals surface area contributed by atoms with Crippen LogP contribution in [0.25, 0.3) is 0 Å². The zero-order valence-electron chi connectivity index (χ0n) is 17.7. The van der Waals surface area contributed by atoms with E-state index in [0.29, 0.717) is 13.2 Å². The minimum atomic E-state index is -0.0615. The summed E-state index contributed by atoms with van der Waals surface area (Å²) in [5.74, 6) is 0.872. The Bertz CT molecular complexity index is 680. The number of nitrogens with one attached hydrogen (secondary N) is 1. The maximum Gasteiger partial charge on any atom is 0.309 e. The van der Waals surface area contributed by atoms with Crippen molar-refractivity contribution in [3.05, 3.63) is 29.8 Å². The smallest absolute Gasteiger partial charge is 0.309 e. The molecule has 0 atom stereocenters. The number of benzene rings is 1. The molecule has 1 N–H and O–H groups in total. The SMILES string of the molecule is CCNC(=NCc1ccccc1N1CCOCC1)N1CCC(C(=O)OCC)CC1. The predicted octanol–water partition coefficient (Wildman–Crippen LogP) is 2.26. The van der Waals surface area contributed by atoms with Gasteiger partial charge in [-0.25, -0.2) is 4.99 Å². The largest absolute Gasteiger partial charge is 0.466 e. The van der Waals surface area contributed by atoms with Gasteiger partial charge in [-0.1, -0.05) is 18.2 Å². The van der Waals surface area contributed by atoms with Gasteiger partial charge >= 0.3 is 5.97 Å². The van der Waals surface area contributed by atoms with E-state index >= 15 is 0 Å². The molecule has 7 heteroatoms. The summed E-state index contributed by atoms with van der Waals surface area (Å²) in [6.45, 7) is 10.9. The van der Waals surface area contributed by atoms with Crippen LogP contribution in [0.15, 0.2) is 29.3 Å². The van der Waals surface area contributed by atoms with Gasteiger partial charge in [-0.2, -0.15) is 0 Å². The Morgan fingerprint density at radius 3 is 2.59 bits per heavy atom. The van der Waals surface area contributed by atoms with Crippen LogP contribution in [0.2, 0.25) is 0 Å². The molecule has 160 valence electrons. The molecule has 1 aromatic rings. The fourth-order valence-corrected chi connectivity index (χ4v) is 3.93. The van der Waals surface area contributed by atoms with Crippen LogP contribution in [0.5, 0.6) is 0 Å². The first-order valence-electron chi connectivity index (χ1n) is 10.8. The fraction of sp³-hybridized carbons (Fsp3) is 0.636. The highest BCUT2D eigenvalue weighted by Crippen LogP contribution is 2.23. The molecule has 0 unspecified atom stereocenters. The van der Waals surface area contributed by atoms with Crippen LogP contribution in [0.4, 0.5) is 5.69 Å². The number of anilines is 1. The van der Waals surface area contributed by atoms with Gasteiger partial charge in [0.1, 0.15) is 0 Å². The molecule has 2 saturated heterocycles. The van der Waals surface area contributed by atoms with E-state index in [2.05, 4.69) is 46.3 Å². The second-order valence-electron chi connectivity index (χ2n) is 7.41. The van der Waals surface area contributed by atoms with Gasteiger partial charge in [0, 0.05) is 38.4 Å². The summed E-state index contributed by atoms with van der Waals surface area (Å²) >= 11 is 0. The van der Waals surface area contributed by atoms with Crippen LogP contribution in [-0.2, 0) is 20.8 Å². The first-order valence-corrected chi connectivity index (χ1v) is 10.8. The molecule has 0 aromatic heterocycles. The molecule has 2 fully saturated rings. The number of nitrogens with zero attached hydrogens (tertiary/aromatic N) is 3. The highest BCUT2D eigenvalue weighted by molar-refractivity contribution is 5.80.